The molecule has 8 heteroatoms. The number of halogens is 3. The summed E-state index contributed by atoms with van der Waals surface area (Å²) in [7, 11) is 0. The van der Waals surface area contributed by atoms with Gasteiger partial charge in [0.1, 0.15) is 0 Å². The van der Waals surface area contributed by atoms with Gasteiger partial charge in [-0.1, -0.05) is 0 Å². The number of hydrogen-bond acceptors (Lipinski definition) is 3. The monoisotopic (exact) mass is 254 g/mol. The molecule has 1 heterocycles. The second kappa shape index (κ2) is 4.17. The Morgan fingerprint density at radius 1 is 1.41 bits per heavy atom. The Hall–Kier alpha value is -1.31. The minimum absolute atomic E-state index is 0.0152. The number of hydrogen-bond donors (Lipinski definition) is 2. The van der Waals surface area contributed by atoms with Crippen LogP contribution in [0, 0.1) is 5.92 Å². The van der Waals surface area contributed by atoms with Gasteiger partial charge in [-0.25, -0.2) is 0 Å². The molecule has 0 radical (unpaired) electrons. The summed E-state index contributed by atoms with van der Waals surface area (Å²) in [4.78, 5) is 23.0. The lowest BCUT2D eigenvalue weighted by molar-refractivity contribution is -0.193. The van der Waals surface area contributed by atoms with E-state index < -0.39 is 29.5 Å². The van der Waals surface area contributed by atoms with Crippen LogP contribution in [-0.2, 0) is 9.59 Å². The number of amides is 1. The molecule has 0 aromatic rings. The van der Waals surface area contributed by atoms with Crippen molar-refractivity contribution >= 4 is 11.9 Å². The Morgan fingerprint density at radius 2 is 1.94 bits per heavy atom. The lowest BCUT2D eigenvalue weighted by atomic mass is 10.0. The van der Waals surface area contributed by atoms with E-state index in [4.69, 9.17) is 10.8 Å². The molecule has 1 fully saturated rings. The maximum Gasteiger partial charge on any atom is 0.415 e. The van der Waals surface area contributed by atoms with E-state index in [2.05, 4.69) is 0 Å². The number of alkyl halides is 3. The van der Waals surface area contributed by atoms with Crippen molar-refractivity contribution in [2.45, 2.75) is 25.1 Å². The highest BCUT2D eigenvalue weighted by molar-refractivity contribution is 5.87. The van der Waals surface area contributed by atoms with Crippen LogP contribution in [0.25, 0.3) is 0 Å². The molecule has 1 aliphatic heterocycles. The molecule has 3 N–H and O–H groups in total. The molecule has 0 aliphatic carbocycles. The van der Waals surface area contributed by atoms with Crippen molar-refractivity contribution in [3.05, 3.63) is 0 Å². The van der Waals surface area contributed by atoms with Crippen LogP contribution in [0.4, 0.5) is 13.2 Å². The predicted octanol–water partition coefficient (Wildman–Crippen LogP) is 0.199. The first-order valence-corrected chi connectivity index (χ1v) is 4.95. The molecule has 5 nitrogen and oxygen atoms in total. The van der Waals surface area contributed by atoms with Crippen molar-refractivity contribution in [2.24, 2.45) is 11.7 Å². The Labute approximate surface area is 95.4 Å². The molecule has 0 saturated carbocycles. The number of nitrogens with zero attached hydrogens (tertiary/aromatic N) is 1. The molecule has 17 heavy (non-hydrogen) atoms. The van der Waals surface area contributed by atoms with E-state index >= 15 is 0 Å². The average molecular weight is 254 g/mol. The smallest absolute Gasteiger partial charge is 0.415 e. The zero-order valence-corrected chi connectivity index (χ0v) is 9.12. The van der Waals surface area contributed by atoms with Gasteiger partial charge in [0.15, 0.2) is 5.54 Å². The maximum atomic E-state index is 12.5. The predicted molar refractivity (Wildman–Crippen MR) is 51.0 cm³/mol. The molecule has 2 unspecified atom stereocenters. The third kappa shape index (κ3) is 2.51. The Balaban J connectivity index is 2.77. The van der Waals surface area contributed by atoms with Crippen LogP contribution in [0.15, 0.2) is 0 Å². The number of nitrogens with two attached hydrogens (primary N) is 1. The third-order valence-corrected chi connectivity index (χ3v) is 2.86. The zero-order chi connectivity index (χ0) is 13.4. The van der Waals surface area contributed by atoms with Crippen molar-refractivity contribution in [2.75, 3.05) is 13.1 Å². The van der Waals surface area contributed by atoms with Crippen LogP contribution in [0.1, 0.15) is 13.3 Å². The van der Waals surface area contributed by atoms with Crippen molar-refractivity contribution in [1.29, 1.82) is 0 Å². The summed E-state index contributed by atoms with van der Waals surface area (Å²) in [5, 5.41) is 8.68. The number of carbonyl (C=O) groups excluding carboxylic acids is 1. The van der Waals surface area contributed by atoms with Gasteiger partial charge in [0.25, 0.3) is 5.91 Å². The first-order chi connectivity index (χ1) is 7.57. The van der Waals surface area contributed by atoms with Gasteiger partial charge in [-0.2, -0.15) is 13.2 Å². The molecular weight excluding hydrogens is 241 g/mol. The molecule has 98 valence electrons. The average Bonchev–Trinajstić information content (AvgIpc) is 2.63. The van der Waals surface area contributed by atoms with Crippen molar-refractivity contribution in [1.82, 2.24) is 4.90 Å². The number of carbonyl (C=O) groups is 2. The molecule has 0 aromatic heterocycles. The van der Waals surface area contributed by atoms with E-state index in [9.17, 15) is 22.8 Å². The normalized spacial score (nSPS) is 24.5. The third-order valence-electron chi connectivity index (χ3n) is 2.86. The van der Waals surface area contributed by atoms with E-state index in [0.29, 0.717) is 6.92 Å². The standard InChI is InChI=1S/C9H13F3N2O3/c1-8(13,9(10,11)12)7(17)14-3-2-5(4-14)6(15)16/h5H,2-4,13H2,1H3,(H,15,16). The molecule has 0 aromatic carbocycles. The second-order valence-electron chi connectivity index (χ2n) is 4.28. The zero-order valence-electron chi connectivity index (χ0n) is 9.12. The number of likely N-dealkylation sites (tertiary alicyclic amines) is 1. The van der Waals surface area contributed by atoms with Crippen LogP contribution in [0.5, 0.6) is 0 Å². The first-order valence-electron chi connectivity index (χ1n) is 4.95. The fourth-order valence-corrected chi connectivity index (χ4v) is 1.60. The molecule has 0 bridgehead atoms. The molecule has 1 rings (SSSR count). The van der Waals surface area contributed by atoms with Gasteiger partial charge in [-0.15, -0.1) is 0 Å². The molecule has 1 saturated heterocycles. The summed E-state index contributed by atoms with van der Waals surface area (Å²) in [6.45, 7) is 0.346. The van der Waals surface area contributed by atoms with Gasteiger partial charge in [0, 0.05) is 13.1 Å². The largest absolute Gasteiger partial charge is 0.481 e. The molecule has 1 amide bonds. The highest BCUT2D eigenvalue weighted by Crippen LogP contribution is 2.31. The fourth-order valence-electron chi connectivity index (χ4n) is 1.60. The van der Waals surface area contributed by atoms with Gasteiger partial charge in [0.2, 0.25) is 0 Å². The van der Waals surface area contributed by atoms with Crippen molar-refractivity contribution < 1.29 is 27.9 Å². The summed E-state index contributed by atoms with van der Waals surface area (Å²) in [5.74, 6) is -3.22. The SMILES string of the molecule is CC(N)(C(=O)N1CCC(C(=O)O)C1)C(F)(F)F. The van der Waals surface area contributed by atoms with Crippen LogP contribution in [0.3, 0.4) is 0 Å². The van der Waals surface area contributed by atoms with Crippen LogP contribution >= 0.6 is 0 Å². The second-order valence-corrected chi connectivity index (χ2v) is 4.28. The Kier molecular flexibility index (Phi) is 3.37. The number of carboxylic acid groups (broad SMARTS) is 1. The lowest BCUT2D eigenvalue weighted by Gasteiger charge is -2.30. The van der Waals surface area contributed by atoms with Gasteiger partial charge in [-0.3, -0.25) is 9.59 Å². The van der Waals surface area contributed by atoms with Crippen molar-refractivity contribution in [3.8, 4) is 0 Å². The molecule has 2 atom stereocenters. The van der Waals surface area contributed by atoms with Crippen LogP contribution in [0.2, 0.25) is 0 Å². The lowest BCUT2D eigenvalue weighted by Crippen LogP contribution is -2.61. The Bertz CT molecular complexity index is 341. The number of aliphatic carboxylic acids is 1. The molecular formula is C9H13F3N2O3. The highest BCUT2D eigenvalue weighted by atomic mass is 19.4. The highest BCUT2D eigenvalue weighted by Gasteiger charge is 2.56. The summed E-state index contributed by atoms with van der Waals surface area (Å²) in [6.07, 6.45) is -4.71. The van der Waals surface area contributed by atoms with Crippen molar-refractivity contribution in [3.63, 3.8) is 0 Å². The van der Waals surface area contributed by atoms with Gasteiger partial charge in [0.05, 0.1) is 5.92 Å². The molecule has 0 spiro atoms. The summed E-state index contributed by atoms with van der Waals surface area (Å²) >= 11 is 0. The van der Waals surface area contributed by atoms with Gasteiger partial charge in [-0.05, 0) is 13.3 Å². The minimum atomic E-state index is -4.86. The summed E-state index contributed by atoms with van der Waals surface area (Å²) in [6, 6.07) is 0. The number of carboxylic acids is 1. The number of rotatable bonds is 2. The van der Waals surface area contributed by atoms with Gasteiger partial charge < -0.3 is 15.7 Å². The summed E-state index contributed by atoms with van der Waals surface area (Å²) in [5.41, 5.74) is 2.00. The van der Waals surface area contributed by atoms with E-state index in [1.54, 1.807) is 0 Å². The van der Waals surface area contributed by atoms with Crippen LogP contribution < -0.4 is 5.73 Å². The van der Waals surface area contributed by atoms with E-state index in [1.807, 2.05) is 0 Å². The minimum Gasteiger partial charge on any atom is -0.481 e. The topological polar surface area (TPSA) is 83.6 Å². The van der Waals surface area contributed by atoms with E-state index in [0.717, 1.165) is 4.90 Å². The summed E-state index contributed by atoms with van der Waals surface area (Å²) < 4.78 is 37.5. The Morgan fingerprint density at radius 3 is 2.29 bits per heavy atom. The first kappa shape index (κ1) is 13.8. The maximum absolute atomic E-state index is 12.5. The fraction of sp³-hybridized carbons (Fsp3) is 0.778. The van der Waals surface area contributed by atoms with Crippen LogP contribution in [-0.4, -0.2) is 46.7 Å². The molecule has 1 aliphatic rings. The van der Waals surface area contributed by atoms with E-state index in [-0.39, 0.29) is 19.5 Å². The quantitative estimate of drug-likeness (QED) is 0.737. The van der Waals surface area contributed by atoms with Gasteiger partial charge >= 0.3 is 12.1 Å². The van der Waals surface area contributed by atoms with E-state index in [1.165, 1.54) is 0 Å².